The zero-order chi connectivity index (χ0) is 14.5. The Bertz CT molecular complexity index is 513. The molecule has 2 rings (SSSR count). The number of carbonyl (C=O) groups excluding carboxylic acids is 1. The van der Waals surface area contributed by atoms with Gasteiger partial charge in [-0.25, -0.2) is 0 Å². The van der Waals surface area contributed by atoms with Crippen molar-refractivity contribution in [2.45, 2.75) is 19.8 Å². The summed E-state index contributed by atoms with van der Waals surface area (Å²) in [6.07, 6.45) is 4.50. The fraction of sp³-hybridized carbons (Fsp3) is 0.375. The number of aryl methyl sites for hydroxylation is 1. The van der Waals surface area contributed by atoms with Crippen molar-refractivity contribution in [3.8, 4) is 0 Å². The van der Waals surface area contributed by atoms with E-state index >= 15 is 0 Å². The third-order valence-corrected chi connectivity index (χ3v) is 3.54. The van der Waals surface area contributed by atoms with E-state index in [0.717, 1.165) is 12.0 Å². The van der Waals surface area contributed by atoms with Crippen molar-refractivity contribution in [3.63, 3.8) is 0 Å². The summed E-state index contributed by atoms with van der Waals surface area (Å²) in [6.45, 7) is 3.19. The lowest BCUT2D eigenvalue weighted by atomic mass is 9.96. The van der Waals surface area contributed by atoms with Gasteiger partial charge in [-0.2, -0.15) is 0 Å². The lowest BCUT2D eigenvalue weighted by molar-refractivity contribution is -0.143. The molecule has 20 heavy (non-hydrogen) atoms. The number of hydrogen-bond acceptors (Lipinski definition) is 2. The number of carboxylic acid groups (broad SMARTS) is 1. The molecule has 1 N–H and O–H groups in total. The quantitative estimate of drug-likeness (QED) is 0.837. The fourth-order valence-electron chi connectivity index (χ4n) is 2.26. The molecule has 0 saturated carbocycles. The predicted molar refractivity (Wildman–Crippen MR) is 77.2 cm³/mol. The summed E-state index contributed by atoms with van der Waals surface area (Å²) in [4.78, 5) is 24.0. The summed E-state index contributed by atoms with van der Waals surface area (Å²) >= 11 is 0. The Morgan fingerprint density at radius 1 is 1.30 bits per heavy atom. The summed E-state index contributed by atoms with van der Waals surface area (Å²) in [6, 6.07) is 8.09. The van der Waals surface area contributed by atoms with E-state index in [9.17, 15) is 9.59 Å². The SMILES string of the molecule is CCc1ccc(C=CC(=O)N2CC(CC(=O)O)C2)cc1. The van der Waals surface area contributed by atoms with Gasteiger partial charge >= 0.3 is 5.97 Å². The van der Waals surface area contributed by atoms with E-state index in [0.29, 0.717) is 13.1 Å². The van der Waals surface area contributed by atoms with Gasteiger partial charge in [-0.3, -0.25) is 9.59 Å². The van der Waals surface area contributed by atoms with Crippen LogP contribution < -0.4 is 0 Å². The van der Waals surface area contributed by atoms with Crippen LogP contribution in [0.15, 0.2) is 30.3 Å². The molecule has 0 bridgehead atoms. The van der Waals surface area contributed by atoms with E-state index in [-0.39, 0.29) is 18.2 Å². The molecule has 1 aromatic rings. The monoisotopic (exact) mass is 273 g/mol. The first-order valence-corrected chi connectivity index (χ1v) is 6.86. The predicted octanol–water partition coefficient (Wildman–Crippen LogP) is 2.20. The lowest BCUT2D eigenvalue weighted by Gasteiger charge is -2.37. The first kappa shape index (κ1) is 14.3. The van der Waals surface area contributed by atoms with Crippen LogP contribution in [0.5, 0.6) is 0 Å². The average molecular weight is 273 g/mol. The van der Waals surface area contributed by atoms with Gasteiger partial charge in [-0.15, -0.1) is 0 Å². The highest BCUT2D eigenvalue weighted by Gasteiger charge is 2.30. The molecular formula is C16H19NO3. The van der Waals surface area contributed by atoms with Gasteiger partial charge in [0.25, 0.3) is 0 Å². The minimum Gasteiger partial charge on any atom is -0.481 e. The second-order valence-electron chi connectivity index (χ2n) is 5.14. The molecule has 4 heteroatoms. The Hall–Kier alpha value is -2.10. The number of carbonyl (C=O) groups is 2. The maximum Gasteiger partial charge on any atom is 0.303 e. The third-order valence-electron chi connectivity index (χ3n) is 3.54. The largest absolute Gasteiger partial charge is 0.481 e. The van der Waals surface area contributed by atoms with Crippen molar-refractivity contribution in [1.82, 2.24) is 4.90 Å². The third kappa shape index (κ3) is 3.70. The van der Waals surface area contributed by atoms with Crippen molar-refractivity contribution in [3.05, 3.63) is 41.5 Å². The molecule has 1 amide bonds. The summed E-state index contributed by atoms with van der Waals surface area (Å²) in [5.41, 5.74) is 2.27. The van der Waals surface area contributed by atoms with Gasteiger partial charge in [0.05, 0.1) is 6.42 Å². The van der Waals surface area contributed by atoms with Crippen LogP contribution >= 0.6 is 0 Å². The molecule has 4 nitrogen and oxygen atoms in total. The Kier molecular flexibility index (Phi) is 4.56. The topological polar surface area (TPSA) is 57.6 Å². The van der Waals surface area contributed by atoms with Crippen LogP contribution in [-0.2, 0) is 16.0 Å². The van der Waals surface area contributed by atoms with Crippen LogP contribution in [-0.4, -0.2) is 35.0 Å². The minimum atomic E-state index is -0.798. The summed E-state index contributed by atoms with van der Waals surface area (Å²) in [5.74, 6) is -0.742. The molecule has 1 aliphatic rings. The molecule has 1 heterocycles. The van der Waals surface area contributed by atoms with Crippen molar-refractivity contribution >= 4 is 18.0 Å². The fourth-order valence-corrected chi connectivity index (χ4v) is 2.26. The van der Waals surface area contributed by atoms with E-state index in [1.807, 2.05) is 12.1 Å². The average Bonchev–Trinajstić information content (AvgIpc) is 2.40. The molecule has 0 aliphatic carbocycles. The first-order valence-electron chi connectivity index (χ1n) is 6.86. The summed E-state index contributed by atoms with van der Waals surface area (Å²) in [5, 5.41) is 8.65. The Morgan fingerprint density at radius 2 is 1.95 bits per heavy atom. The summed E-state index contributed by atoms with van der Waals surface area (Å²) < 4.78 is 0. The van der Waals surface area contributed by atoms with Crippen LogP contribution in [0.2, 0.25) is 0 Å². The van der Waals surface area contributed by atoms with Gasteiger partial charge in [0, 0.05) is 25.1 Å². The van der Waals surface area contributed by atoms with Crippen molar-refractivity contribution in [2.24, 2.45) is 5.92 Å². The maximum absolute atomic E-state index is 11.8. The molecule has 0 atom stereocenters. The highest BCUT2D eigenvalue weighted by Crippen LogP contribution is 2.19. The van der Waals surface area contributed by atoms with Crippen molar-refractivity contribution in [1.29, 1.82) is 0 Å². The summed E-state index contributed by atoms with van der Waals surface area (Å²) in [7, 11) is 0. The zero-order valence-corrected chi connectivity index (χ0v) is 11.6. The standard InChI is InChI=1S/C16H19NO3/c1-2-12-3-5-13(6-4-12)7-8-15(18)17-10-14(11-17)9-16(19)20/h3-8,14H,2,9-11H2,1H3,(H,19,20). The molecule has 1 saturated heterocycles. The van der Waals surface area contributed by atoms with E-state index in [1.54, 1.807) is 17.1 Å². The highest BCUT2D eigenvalue weighted by atomic mass is 16.4. The first-order chi connectivity index (χ1) is 9.58. The number of amides is 1. The van der Waals surface area contributed by atoms with Crippen LogP contribution in [0.25, 0.3) is 6.08 Å². The van der Waals surface area contributed by atoms with Crippen molar-refractivity contribution < 1.29 is 14.7 Å². The van der Waals surface area contributed by atoms with Gasteiger partial charge in [-0.1, -0.05) is 31.2 Å². The van der Waals surface area contributed by atoms with Gasteiger partial charge in [0.1, 0.15) is 0 Å². The van der Waals surface area contributed by atoms with Crippen molar-refractivity contribution in [2.75, 3.05) is 13.1 Å². The lowest BCUT2D eigenvalue weighted by Crippen LogP contribution is -2.49. The van der Waals surface area contributed by atoms with Crippen LogP contribution in [0.1, 0.15) is 24.5 Å². The maximum atomic E-state index is 11.8. The normalized spacial score (nSPS) is 15.3. The molecule has 0 spiro atoms. The number of hydrogen-bond donors (Lipinski definition) is 1. The number of carboxylic acids is 1. The Balaban J connectivity index is 1.82. The second kappa shape index (κ2) is 6.37. The molecule has 1 aliphatic heterocycles. The number of nitrogens with zero attached hydrogens (tertiary/aromatic N) is 1. The molecule has 1 aromatic carbocycles. The molecule has 0 aromatic heterocycles. The Morgan fingerprint density at radius 3 is 2.50 bits per heavy atom. The van der Waals surface area contributed by atoms with Gasteiger partial charge in [0.2, 0.25) is 5.91 Å². The number of rotatable bonds is 5. The second-order valence-corrected chi connectivity index (χ2v) is 5.14. The van der Waals surface area contributed by atoms with E-state index in [1.165, 1.54) is 5.56 Å². The molecule has 1 fully saturated rings. The van der Waals surface area contributed by atoms with E-state index in [4.69, 9.17) is 5.11 Å². The minimum absolute atomic E-state index is 0.0498. The van der Waals surface area contributed by atoms with Crippen LogP contribution in [0, 0.1) is 5.92 Å². The molecule has 0 radical (unpaired) electrons. The molecular weight excluding hydrogens is 254 g/mol. The van der Waals surface area contributed by atoms with Gasteiger partial charge in [0.15, 0.2) is 0 Å². The highest BCUT2D eigenvalue weighted by molar-refractivity contribution is 5.92. The zero-order valence-electron chi connectivity index (χ0n) is 11.6. The van der Waals surface area contributed by atoms with Gasteiger partial charge < -0.3 is 10.0 Å². The van der Waals surface area contributed by atoms with Gasteiger partial charge in [-0.05, 0) is 23.6 Å². The number of likely N-dealkylation sites (tertiary alicyclic amines) is 1. The molecule has 106 valence electrons. The Labute approximate surface area is 118 Å². The van der Waals surface area contributed by atoms with Crippen LogP contribution in [0.3, 0.4) is 0 Å². The van der Waals surface area contributed by atoms with E-state index in [2.05, 4.69) is 19.1 Å². The number of aliphatic carboxylic acids is 1. The molecule has 0 unspecified atom stereocenters. The van der Waals surface area contributed by atoms with E-state index < -0.39 is 5.97 Å². The van der Waals surface area contributed by atoms with Crippen LogP contribution in [0.4, 0.5) is 0 Å². The smallest absolute Gasteiger partial charge is 0.303 e. The number of benzene rings is 1.